The Balaban J connectivity index is -0.000000101. The quantitative estimate of drug-likeness (QED) is 0.388. The Hall–Kier alpha value is -0.140. The van der Waals surface area contributed by atoms with Gasteiger partial charge < -0.3 is 25.5 Å². The molecule has 20 heavy (non-hydrogen) atoms. The first-order chi connectivity index (χ1) is 8.95. The minimum Gasteiger partial charge on any atom is -0.550 e. The van der Waals surface area contributed by atoms with Crippen LogP contribution in [0.2, 0.25) is 0 Å². The molecule has 0 saturated carbocycles. The smallest absolute Gasteiger partial charge is 0.550 e. The van der Waals surface area contributed by atoms with Crippen LogP contribution in [0.5, 0.6) is 0 Å². The van der Waals surface area contributed by atoms with Crippen LogP contribution in [0, 0.1) is 0 Å². The van der Waals surface area contributed by atoms with E-state index in [-0.39, 0.29) is 42.4 Å². The van der Waals surface area contributed by atoms with Crippen LogP contribution in [0.4, 0.5) is 0 Å². The minimum atomic E-state index is -0.995. The van der Waals surface area contributed by atoms with Gasteiger partial charge in [0.05, 0.1) is 0 Å². The number of unbranched alkanes of at least 4 members (excludes halogenated alkanes) is 1. The molecule has 0 aliphatic carbocycles. The maximum Gasteiger partial charge on any atom is 1.00 e. The number of nitrogens with two attached hydrogens (primary N) is 1. The van der Waals surface area contributed by atoms with E-state index in [1.165, 1.54) is 19.8 Å². The summed E-state index contributed by atoms with van der Waals surface area (Å²) in [4.78, 5) is 18.6. The van der Waals surface area contributed by atoms with Crippen molar-refractivity contribution in [2.24, 2.45) is 5.73 Å². The van der Waals surface area contributed by atoms with Gasteiger partial charge in [0.2, 0.25) is 0 Å². The third-order valence-electron chi connectivity index (χ3n) is 1.73. The maximum atomic E-state index is 9.37. The molecular weight excluding hydrogens is 273 g/mol. The molecule has 0 atom stereocenters. The Labute approximate surface area is 144 Å². The van der Waals surface area contributed by atoms with Gasteiger partial charge in [-0.2, -0.15) is 0 Å². The van der Waals surface area contributed by atoms with Gasteiger partial charge >= 0.3 is 35.5 Å². The minimum absolute atomic E-state index is 0. The maximum absolute atomic E-state index is 9.37. The molecule has 3 N–H and O–H groups in total. The van der Waals surface area contributed by atoms with Gasteiger partial charge in [0.15, 0.2) is 0 Å². The summed E-state index contributed by atoms with van der Waals surface area (Å²) in [7, 11) is 0. The van der Waals surface area contributed by atoms with E-state index in [1.54, 1.807) is 6.92 Å². The van der Waals surface area contributed by atoms with Crippen molar-refractivity contribution in [2.75, 3.05) is 19.8 Å². The Bertz CT molecular complexity index is 183. The molecule has 0 spiro atoms. The second-order valence-electron chi connectivity index (χ2n) is 3.58. The first kappa shape index (κ1) is 28.1. The van der Waals surface area contributed by atoms with E-state index in [9.17, 15) is 14.7 Å². The fraction of sp³-hybridized carbons (Fsp3) is 0.846. The van der Waals surface area contributed by atoms with Crippen molar-refractivity contribution in [1.29, 1.82) is 0 Å². The zero-order valence-corrected chi connectivity index (χ0v) is 15.3. The van der Waals surface area contributed by atoms with Crippen molar-refractivity contribution in [3.8, 4) is 0 Å². The summed E-state index contributed by atoms with van der Waals surface area (Å²) in [5.41, 5.74) is 5.26. The topological polar surface area (TPSA) is 113 Å². The summed E-state index contributed by atoms with van der Waals surface area (Å²) in [5.74, 6) is -1.74. The van der Waals surface area contributed by atoms with E-state index in [2.05, 4.69) is 6.92 Å². The second-order valence-corrected chi connectivity index (χ2v) is 3.58. The van der Waals surface area contributed by atoms with E-state index in [0.717, 1.165) is 26.2 Å². The molecule has 0 radical (unpaired) electrons. The third-order valence-corrected chi connectivity index (χ3v) is 1.73. The zero-order valence-electron chi connectivity index (χ0n) is 13.3. The summed E-state index contributed by atoms with van der Waals surface area (Å²) >= 11 is 0. The molecule has 0 rings (SSSR count). The SMILES string of the molecule is CCC(=O)O.CCC(=O)[O-].CCCCOCCCN.[Na+]. The number of rotatable bonds is 8. The van der Waals surface area contributed by atoms with E-state index in [1.807, 2.05) is 0 Å². The fourth-order valence-corrected chi connectivity index (χ4v) is 0.534. The Morgan fingerprint density at radius 1 is 1.10 bits per heavy atom. The molecule has 0 aromatic heterocycles. The summed E-state index contributed by atoms with van der Waals surface area (Å²) in [6.45, 7) is 7.77. The first-order valence-electron chi connectivity index (χ1n) is 6.65. The molecular formula is C13H28NNaO5. The van der Waals surface area contributed by atoms with Gasteiger partial charge in [0.1, 0.15) is 0 Å². The first-order valence-corrected chi connectivity index (χ1v) is 6.65. The summed E-state index contributed by atoms with van der Waals surface area (Å²) < 4.78 is 5.23. The number of aliphatic carboxylic acids is 2. The van der Waals surface area contributed by atoms with E-state index < -0.39 is 11.9 Å². The van der Waals surface area contributed by atoms with Crippen molar-refractivity contribution >= 4 is 11.9 Å². The van der Waals surface area contributed by atoms with E-state index >= 15 is 0 Å². The number of hydrogen-bond acceptors (Lipinski definition) is 5. The average Bonchev–Trinajstić information content (AvgIpc) is 2.40. The van der Waals surface area contributed by atoms with Gasteiger partial charge in [0, 0.05) is 25.6 Å². The largest absolute Gasteiger partial charge is 1.00 e. The number of carboxylic acid groups (broad SMARTS) is 2. The number of carboxylic acids is 2. The molecule has 0 amide bonds. The Morgan fingerprint density at radius 3 is 1.75 bits per heavy atom. The third kappa shape index (κ3) is 52.2. The molecule has 0 bridgehead atoms. The molecule has 0 saturated heterocycles. The fourth-order valence-electron chi connectivity index (χ4n) is 0.534. The van der Waals surface area contributed by atoms with E-state index in [0.29, 0.717) is 0 Å². The predicted octanol–water partition coefficient (Wildman–Crippen LogP) is -2.22. The molecule has 0 heterocycles. The van der Waals surface area contributed by atoms with Crippen LogP contribution >= 0.6 is 0 Å². The molecule has 0 unspecified atom stereocenters. The van der Waals surface area contributed by atoms with Gasteiger partial charge in [-0.15, -0.1) is 0 Å². The van der Waals surface area contributed by atoms with Crippen LogP contribution in [0.25, 0.3) is 0 Å². The van der Waals surface area contributed by atoms with Crippen molar-refractivity contribution in [2.45, 2.75) is 52.9 Å². The van der Waals surface area contributed by atoms with Crippen molar-refractivity contribution < 1.29 is 54.1 Å². The molecule has 6 nitrogen and oxygen atoms in total. The zero-order chi connectivity index (χ0) is 15.5. The standard InChI is InChI=1S/C7H17NO.2C3H6O2.Na/c1-2-3-6-9-7-4-5-8;2*1-2-3(4)5;/h2-8H2,1H3;2*2H2,1H3,(H,4,5);/q;;;+1/p-1. The van der Waals surface area contributed by atoms with Crippen LogP contribution in [-0.4, -0.2) is 36.8 Å². The Kier molecular flexibility index (Phi) is 38.3. The molecule has 0 aliphatic heterocycles. The molecule has 0 aliphatic rings. The molecule has 116 valence electrons. The summed E-state index contributed by atoms with van der Waals surface area (Å²) in [5, 5.41) is 17.0. The number of hydrogen-bond donors (Lipinski definition) is 2. The van der Waals surface area contributed by atoms with Crippen LogP contribution < -0.4 is 40.4 Å². The summed E-state index contributed by atoms with van der Waals surface area (Å²) in [6.07, 6.45) is 3.71. The molecule has 0 aromatic rings. The average molecular weight is 301 g/mol. The van der Waals surface area contributed by atoms with Crippen LogP contribution in [-0.2, 0) is 14.3 Å². The van der Waals surface area contributed by atoms with Gasteiger partial charge in [-0.3, -0.25) is 4.79 Å². The molecule has 7 heteroatoms. The normalized spacial score (nSPS) is 8.20. The van der Waals surface area contributed by atoms with Gasteiger partial charge in [-0.25, -0.2) is 0 Å². The number of carbonyl (C=O) groups is 2. The van der Waals surface area contributed by atoms with E-state index in [4.69, 9.17) is 15.6 Å². The van der Waals surface area contributed by atoms with Gasteiger partial charge in [-0.1, -0.05) is 27.2 Å². The number of carbonyl (C=O) groups excluding carboxylic acids is 1. The van der Waals surface area contributed by atoms with Crippen molar-refractivity contribution in [1.82, 2.24) is 0 Å². The van der Waals surface area contributed by atoms with Crippen molar-refractivity contribution in [3.63, 3.8) is 0 Å². The second kappa shape index (κ2) is 27.2. The van der Waals surface area contributed by atoms with Crippen LogP contribution in [0.15, 0.2) is 0 Å². The monoisotopic (exact) mass is 301 g/mol. The molecule has 0 fully saturated rings. The van der Waals surface area contributed by atoms with Gasteiger partial charge in [0.25, 0.3) is 0 Å². The van der Waals surface area contributed by atoms with Crippen LogP contribution in [0.3, 0.4) is 0 Å². The predicted molar refractivity (Wildman–Crippen MR) is 72.6 cm³/mol. The Morgan fingerprint density at radius 2 is 1.50 bits per heavy atom. The summed E-state index contributed by atoms with van der Waals surface area (Å²) in [6, 6.07) is 0. The van der Waals surface area contributed by atoms with Gasteiger partial charge in [-0.05, 0) is 25.8 Å². The van der Waals surface area contributed by atoms with Crippen molar-refractivity contribution in [3.05, 3.63) is 0 Å². The number of ether oxygens (including phenoxy) is 1. The van der Waals surface area contributed by atoms with Crippen LogP contribution in [0.1, 0.15) is 52.9 Å². The molecule has 0 aromatic carbocycles.